The molecule has 94 valence electrons. The van der Waals surface area contributed by atoms with E-state index < -0.39 is 6.61 Å². The van der Waals surface area contributed by atoms with Crippen molar-refractivity contribution in [2.45, 2.75) is 13.5 Å². The van der Waals surface area contributed by atoms with Crippen molar-refractivity contribution in [1.82, 2.24) is 5.43 Å². The van der Waals surface area contributed by atoms with Crippen LogP contribution < -0.4 is 21.3 Å². The highest BCUT2D eigenvalue weighted by Crippen LogP contribution is 2.25. The van der Waals surface area contributed by atoms with Crippen LogP contribution in [0.4, 0.5) is 14.5 Å². The number of hydrogen-bond acceptors (Lipinski definition) is 3. The van der Waals surface area contributed by atoms with Crippen molar-refractivity contribution in [3.63, 3.8) is 0 Å². The summed E-state index contributed by atoms with van der Waals surface area (Å²) in [6.45, 7) is -0.555. The molecule has 1 rings (SSSR count). The van der Waals surface area contributed by atoms with E-state index in [4.69, 9.17) is 5.84 Å². The number of para-hydroxylation sites is 2. The average Bonchev–Trinajstić information content (AvgIpc) is 2.30. The minimum atomic E-state index is -2.88. The molecule has 0 spiro atoms. The van der Waals surface area contributed by atoms with Crippen LogP contribution in [-0.2, 0) is 0 Å². The number of anilines is 1. The monoisotopic (exact) mass is 244 g/mol. The molecule has 0 fully saturated rings. The number of nitrogens with zero attached hydrogens (tertiary/aromatic N) is 1. The highest BCUT2D eigenvalue weighted by Gasteiger charge is 2.09. The van der Waals surface area contributed by atoms with Crippen LogP contribution in [0.1, 0.15) is 6.92 Å². The Morgan fingerprint density at radius 1 is 1.47 bits per heavy atom. The Balaban J connectivity index is 2.85. The van der Waals surface area contributed by atoms with Gasteiger partial charge in [-0.05, 0) is 19.1 Å². The van der Waals surface area contributed by atoms with Gasteiger partial charge in [0, 0.05) is 6.54 Å². The molecule has 0 bridgehead atoms. The van der Waals surface area contributed by atoms with Crippen molar-refractivity contribution < 1.29 is 13.5 Å². The lowest BCUT2D eigenvalue weighted by Crippen LogP contribution is -2.36. The summed E-state index contributed by atoms with van der Waals surface area (Å²) < 4.78 is 28.6. The van der Waals surface area contributed by atoms with Gasteiger partial charge in [-0.3, -0.25) is 10.4 Å². The van der Waals surface area contributed by atoms with Crippen LogP contribution in [0.5, 0.6) is 5.75 Å². The van der Waals surface area contributed by atoms with Crippen molar-refractivity contribution in [3.8, 4) is 5.75 Å². The first-order chi connectivity index (χ1) is 8.17. The third-order valence-corrected chi connectivity index (χ3v) is 1.81. The third kappa shape index (κ3) is 4.23. The van der Waals surface area contributed by atoms with Gasteiger partial charge in [-0.1, -0.05) is 12.1 Å². The van der Waals surface area contributed by atoms with Crippen LogP contribution in [0, 0.1) is 0 Å². The SMILES string of the molecule is CCN=C(NN)Nc1ccccc1OC(F)F. The summed E-state index contributed by atoms with van der Waals surface area (Å²) in [5.74, 6) is 5.53. The Labute approximate surface area is 97.6 Å². The van der Waals surface area contributed by atoms with Gasteiger partial charge >= 0.3 is 6.61 Å². The van der Waals surface area contributed by atoms with Crippen LogP contribution in [-0.4, -0.2) is 19.1 Å². The number of hydrogen-bond donors (Lipinski definition) is 3. The van der Waals surface area contributed by atoms with Gasteiger partial charge in [0.05, 0.1) is 5.69 Å². The molecule has 0 atom stereocenters. The van der Waals surface area contributed by atoms with E-state index in [1.54, 1.807) is 18.2 Å². The highest BCUT2D eigenvalue weighted by molar-refractivity contribution is 5.94. The molecule has 0 aliphatic carbocycles. The number of aliphatic imine (C=N–C) groups is 1. The molecule has 5 nitrogen and oxygen atoms in total. The van der Waals surface area contributed by atoms with Gasteiger partial charge in [0.25, 0.3) is 0 Å². The number of rotatable bonds is 4. The zero-order chi connectivity index (χ0) is 12.7. The van der Waals surface area contributed by atoms with Crippen molar-refractivity contribution >= 4 is 11.6 Å². The Hall–Kier alpha value is -1.89. The minimum Gasteiger partial charge on any atom is -0.433 e. The molecule has 1 aromatic carbocycles. The van der Waals surface area contributed by atoms with Gasteiger partial charge < -0.3 is 10.1 Å². The molecule has 1 aromatic rings. The summed E-state index contributed by atoms with van der Waals surface area (Å²) >= 11 is 0. The number of ether oxygens (including phenoxy) is 1. The molecule has 0 amide bonds. The maximum Gasteiger partial charge on any atom is 0.387 e. The van der Waals surface area contributed by atoms with E-state index in [1.807, 2.05) is 6.92 Å². The van der Waals surface area contributed by atoms with Gasteiger partial charge in [-0.2, -0.15) is 8.78 Å². The summed E-state index contributed by atoms with van der Waals surface area (Å²) in [5.41, 5.74) is 2.69. The van der Waals surface area contributed by atoms with Crippen molar-refractivity contribution in [3.05, 3.63) is 24.3 Å². The molecule has 0 heterocycles. The lowest BCUT2D eigenvalue weighted by Gasteiger charge is -2.13. The van der Waals surface area contributed by atoms with Gasteiger partial charge in [-0.15, -0.1) is 0 Å². The lowest BCUT2D eigenvalue weighted by molar-refractivity contribution is -0.0493. The zero-order valence-electron chi connectivity index (χ0n) is 9.28. The zero-order valence-corrected chi connectivity index (χ0v) is 9.28. The number of guanidine groups is 1. The average molecular weight is 244 g/mol. The normalized spacial score (nSPS) is 11.5. The van der Waals surface area contributed by atoms with E-state index >= 15 is 0 Å². The van der Waals surface area contributed by atoms with E-state index in [0.717, 1.165) is 0 Å². The Morgan fingerprint density at radius 3 is 2.76 bits per heavy atom. The quantitative estimate of drug-likeness (QED) is 0.325. The smallest absolute Gasteiger partial charge is 0.387 e. The molecular weight excluding hydrogens is 230 g/mol. The molecule has 0 aliphatic rings. The summed E-state index contributed by atoms with van der Waals surface area (Å²) in [6, 6.07) is 6.28. The number of benzene rings is 1. The fraction of sp³-hybridized carbons (Fsp3) is 0.300. The largest absolute Gasteiger partial charge is 0.433 e. The number of halogens is 2. The van der Waals surface area contributed by atoms with E-state index in [2.05, 4.69) is 20.5 Å². The summed E-state index contributed by atoms with van der Waals surface area (Å²) in [6.07, 6.45) is 0. The third-order valence-electron chi connectivity index (χ3n) is 1.81. The van der Waals surface area contributed by atoms with Gasteiger partial charge in [0.2, 0.25) is 5.96 Å². The first-order valence-corrected chi connectivity index (χ1v) is 4.99. The van der Waals surface area contributed by atoms with Crippen molar-refractivity contribution in [2.24, 2.45) is 10.8 Å². The van der Waals surface area contributed by atoms with Crippen molar-refractivity contribution in [2.75, 3.05) is 11.9 Å². The Morgan fingerprint density at radius 2 is 2.18 bits per heavy atom. The lowest BCUT2D eigenvalue weighted by atomic mass is 10.3. The molecule has 0 unspecified atom stereocenters. The Kier molecular flexibility index (Phi) is 5.15. The number of alkyl halides is 2. The van der Waals surface area contributed by atoms with Crippen molar-refractivity contribution in [1.29, 1.82) is 0 Å². The molecule has 0 aromatic heterocycles. The molecular formula is C10H14F2N4O. The number of nitrogens with two attached hydrogens (primary N) is 1. The Bertz CT molecular complexity index is 384. The van der Waals surface area contributed by atoms with E-state index in [-0.39, 0.29) is 11.7 Å². The van der Waals surface area contributed by atoms with Crippen LogP contribution >= 0.6 is 0 Å². The minimum absolute atomic E-state index is 0.0292. The standard InChI is InChI=1S/C10H14F2N4O/c1-2-14-10(16-13)15-7-5-3-4-6-8(7)17-9(11)12/h3-6,9H,2,13H2,1H3,(H2,14,15,16). The molecule has 4 N–H and O–H groups in total. The summed E-state index contributed by atoms with van der Waals surface area (Å²) in [4.78, 5) is 3.98. The molecule has 0 aliphatic heterocycles. The molecule has 0 saturated heterocycles. The number of hydrazine groups is 1. The van der Waals surface area contributed by atoms with Crippen LogP contribution in [0.3, 0.4) is 0 Å². The fourth-order valence-corrected chi connectivity index (χ4v) is 1.18. The molecule has 17 heavy (non-hydrogen) atoms. The van der Waals surface area contributed by atoms with E-state index in [1.165, 1.54) is 6.07 Å². The molecule has 0 radical (unpaired) electrons. The predicted octanol–water partition coefficient (Wildman–Crippen LogP) is 1.54. The van der Waals surface area contributed by atoms with E-state index in [9.17, 15) is 8.78 Å². The summed E-state index contributed by atoms with van der Waals surface area (Å²) in [5, 5.41) is 2.76. The maximum atomic E-state index is 12.1. The molecule has 7 heteroatoms. The second-order valence-electron chi connectivity index (χ2n) is 2.97. The predicted molar refractivity (Wildman–Crippen MR) is 62.0 cm³/mol. The van der Waals surface area contributed by atoms with Crippen LogP contribution in [0.2, 0.25) is 0 Å². The summed E-state index contributed by atoms with van der Waals surface area (Å²) in [7, 11) is 0. The second kappa shape index (κ2) is 6.64. The topological polar surface area (TPSA) is 71.7 Å². The number of nitrogens with one attached hydrogen (secondary N) is 2. The second-order valence-corrected chi connectivity index (χ2v) is 2.97. The van der Waals surface area contributed by atoms with Gasteiger partial charge in [0.1, 0.15) is 5.75 Å². The first kappa shape index (κ1) is 13.2. The van der Waals surface area contributed by atoms with Gasteiger partial charge in [0.15, 0.2) is 0 Å². The fourth-order valence-electron chi connectivity index (χ4n) is 1.18. The highest BCUT2D eigenvalue weighted by atomic mass is 19.3. The van der Waals surface area contributed by atoms with Crippen LogP contribution in [0.25, 0.3) is 0 Å². The first-order valence-electron chi connectivity index (χ1n) is 4.99. The maximum absolute atomic E-state index is 12.1. The van der Waals surface area contributed by atoms with E-state index in [0.29, 0.717) is 12.2 Å². The van der Waals surface area contributed by atoms with Crippen LogP contribution in [0.15, 0.2) is 29.3 Å². The van der Waals surface area contributed by atoms with Gasteiger partial charge in [-0.25, -0.2) is 5.84 Å². The molecule has 0 saturated carbocycles.